The number of nitrogens with one attached hydrogen (secondary N) is 3. The minimum absolute atomic E-state index is 0.306. The summed E-state index contributed by atoms with van der Waals surface area (Å²) in [5, 5.41) is 8.05. The molecule has 34 heavy (non-hydrogen) atoms. The van der Waals surface area contributed by atoms with Crippen LogP contribution < -0.4 is 20.7 Å². The molecule has 0 aliphatic carbocycles. The summed E-state index contributed by atoms with van der Waals surface area (Å²) in [5.41, 5.74) is 1.45. The number of carbonyl (C=O) groups excluding carboxylic acids is 2. The van der Waals surface area contributed by atoms with Gasteiger partial charge in [0.2, 0.25) is 5.89 Å². The maximum atomic E-state index is 13.1. The molecule has 0 spiro atoms. The van der Waals surface area contributed by atoms with Crippen molar-refractivity contribution in [1.29, 1.82) is 0 Å². The second kappa shape index (κ2) is 10.7. The largest absolute Gasteiger partial charge is 0.495 e. The Bertz CT molecular complexity index is 1140. The fourth-order valence-corrected chi connectivity index (χ4v) is 2.92. The van der Waals surface area contributed by atoms with Gasteiger partial charge in [0.05, 0.1) is 18.5 Å². The minimum Gasteiger partial charge on any atom is -0.495 e. The highest BCUT2D eigenvalue weighted by Gasteiger charge is 2.18. The molecule has 0 bridgehead atoms. The summed E-state index contributed by atoms with van der Waals surface area (Å²) >= 11 is 0. The molecule has 3 rings (SSSR count). The monoisotopic (exact) mass is 470 g/mol. The van der Waals surface area contributed by atoms with Crippen LogP contribution in [0.4, 0.5) is 25.4 Å². The van der Waals surface area contributed by atoms with Gasteiger partial charge in [-0.1, -0.05) is 0 Å². The van der Waals surface area contributed by atoms with E-state index >= 15 is 0 Å². The van der Waals surface area contributed by atoms with E-state index < -0.39 is 17.7 Å². The molecule has 2 aromatic carbocycles. The lowest BCUT2D eigenvalue weighted by atomic mass is 10.2. The zero-order valence-electron chi connectivity index (χ0n) is 19.4. The predicted molar refractivity (Wildman–Crippen MR) is 125 cm³/mol. The van der Waals surface area contributed by atoms with Gasteiger partial charge < -0.3 is 24.5 Å². The molecule has 3 amide bonds. The fourth-order valence-electron chi connectivity index (χ4n) is 2.92. The Labute approximate surface area is 196 Å². The first-order chi connectivity index (χ1) is 16.1. The summed E-state index contributed by atoms with van der Waals surface area (Å²) in [6, 6.07) is 10.2. The van der Waals surface area contributed by atoms with Crippen molar-refractivity contribution >= 4 is 23.5 Å². The molecule has 3 aromatic rings. The van der Waals surface area contributed by atoms with Gasteiger partial charge in [0.25, 0.3) is 0 Å². The van der Waals surface area contributed by atoms with Crippen molar-refractivity contribution in [3.63, 3.8) is 0 Å². The van der Waals surface area contributed by atoms with Crippen molar-refractivity contribution in [2.24, 2.45) is 0 Å². The standard InChI is InChI=1S/C24H27FN4O5/c1-24(2,3)34-23(31)29-19-13-17(9-10-20(19)32-4)28-22(30)26-12-11-18-14-33-21(27-18)15-5-7-16(25)8-6-15/h5-10,13-14H,11-12H2,1-4H3,(H,29,31)(H2,26,28,30). The zero-order valence-corrected chi connectivity index (χ0v) is 19.4. The number of benzene rings is 2. The molecular formula is C24H27FN4O5. The molecule has 0 unspecified atom stereocenters. The first-order valence-corrected chi connectivity index (χ1v) is 10.6. The normalized spacial score (nSPS) is 11.0. The predicted octanol–water partition coefficient (Wildman–Crippen LogP) is 5.20. The fraction of sp³-hybridized carbons (Fsp3) is 0.292. The summed E-state index contributed by atoms with van der Waals surface area (Å²) in [5.74, 6) is 0.456. The van der Waals surface area contributed by atoms with E-state index in [9.17, 15) is 14.0 Å². The van der Waals surface area contributed by atoms with Gasteiger partial charge in [0.1, 0.15) is 23.4 Å². The maximum absolute atomic E-state index is 13.1. The summed E-state index contributed by atoms with van der Waals surface area (Å²) in [6.07, 6.45) is 1.29. The van der Waals surface area contributed by atoms with Crippen molar-refractivity contribution < 1.29 is 27.9 Å². The third-order valence-corrected chi connectivity index (χ3v) is 4.40. The third kappa shape index (κ3) is 7.22. The molecule has 9 nitrogen and oxygen atoms in total. The highest BCUT2D eigenvalue weighted by Crippen LogP contribution is 2.28. The molecule has 0 aliphatic heterocycles. The van der Waals surface area contributed by atoms with Crippen molar-refractivity contribution in [3.8, 4) is 17.2 Å². The lowest BCUT2D eigenvalue weighted by Gasteiger charge is -2.20. The van der Waals surface area contributed by atoms with E-state index in [2.05, 4.69) is 20.9 Å². The van der Waals surface area contributed by atoms with Crippen LogP contribution >= 0.6 is 0 Å². The number of nitrogens with zero attached hydrogens (tertiary/aromatic N) is 1. The molecule has 10 heteroatoms. The van der Waals surface area contributed by atoms with Crippen molar-refractivity contribution in [2.75, 3.05) is 24.3 Å². The number of amides is 3. The van der Waals surface area contributed by atoms with Crippen molar-refractivity contribution in [1.82, 2.24) is 10.3 Å². The summed E-state index contributed by atoms with van der Waals surface area (Å²) < 4.78 is 29.0. The minimum atomic E-state index is -0.656. The first-order valence-electron chi connectivity index (χ1n) is 10.6. The van der Waals surface area contributed by atoms with E-state index in [0.717, 1.165) is 0 Å². The van der Waals surface area contributed by atoms with Gasteiger partial charge in [-0.25, -0.2) is 19.0 Å². The molecule has 0 fully saturated rings. The zero-order chi connectivity index (χ0) is 24.7. The van der Waals surface area contributed by atoms with Crippen LogP contribution in [-0.2, 0) is 11.2 Å². The second-order valence-corrected chi connectivity index (χ2v) is 8.32. The van der Waals surface area contributed by atoms with Gasteiger partial charge in [0, 0.05) is 24.2 Å². The SMILES string of the molecule is COc1ccc(NC(=O)NCCc2coc(-c3ccc(F)cc3)n2)cc1NC(=O)OC(C)(C)C. The Hall–Kier alpha value is -4.08. The molecule has 0 atom stereocenters. The number of anilines is 2. The molecule has 180 valence electrons. The number of aromatic nitrogens is 1. The molecule has 0 radical (unpaired) electrons. The molecule has 0 aliphatic rings. The number of oxazole rings is 1. The first kappa shape index (κ1) is 24.6. The third-order valence-electron chi connectivity index (χ3n) is 4.40. The Morgan fingerprint density at radius 1 is 1.09 bits per heavy atom. The average Bonchev–Trinajstić information content (AvgIpc) is 3.22. The molecule has 0 saturated carbocycles. The molecular weight excluding hydrogens is 443 g/mol. The number of carbonyl (C=O) groups is 2. The number of methoxy groups -OCH3 is 1. The average molecular weight is 471 g/mol. The Morgan fingerprint density at radius 2 is 1.82 bits per heavy atom. The summed E-state index contributed by atoms with van der Waals surface area (Å²) in [7, 11) is 1.47. The second-order valence-electron chi connectivity index (χ2n) is 8.32. The van der Waals surface area contributed by atoms with Gasteiger partial charge >= 0.3 is 12.1 Å². The van der Waals surface area contributed by atoms with Crippen molar-refractivity contribution in [2.45, 2.75) is 32.8 Å². The number of halogens is 1. The summed E-state index contributed by atoms with van der Waals surface area (Å²) in [6.45, 7) is 5.58. The highest BCUT2D eigenvalue weighted by atomic mass is 19.1. The number of urea groups is 1. The van der Waals surface area contributed by atoms with Crippen LogP contribution in [0.3, 0.4) is 0 Å². The highest BCUT2D eigenvalue weighted by molar-refractivity contribution is 5.92. The Balaban J connectivity index is 1.52. The number of hydrogen-bond acceptors (Lipinski definition) is 6. The van der Waals surface area contributed by atoms with E-state index in [1.54, 1.807) is 51.1 Å². The maximum Gasteiger partial charge on any atom is 0.412 e. The van der Waals surface area contributed by atoms with Crippen LogP contribution in [0.25, 0.3) is 11.5 Å². The molecule has 3 N–H and O–H groups in total. The Morgan fingerprint density at radius 3 is 2.50 bits per heavy atom. The topological polar surface area (TPSA) is 115 Å². The molecule has 1 aromatic heterocycles. The smallest absolute Gasteiger partial charge is 0.412 e. The van der Waals surface area contributed by atoms with Crippen LogP contribution in [0, 0.1) is 5.82 Å². The molecule has 0 saturated heterocycles. The van der Waals surface area contributed by atoms with Crippen molar-refractivity contribution in [3.05, 3.63) is 60.2 Å². The number of hydrogen-bond donors (Lipinski definition) is 3. The molecule has 1 heterocycles. The Kier molecular flexibility index (Phi) is 7.72. The van der Waals surface area contributed by atoms with Crippen LogP contribution in [0.1, 0.15) is 26.5 Å². The van der Waals surface area contributed by atoms with Gasteiger partial charge in [-0.05, 0) is 63.2 Å². The lowest BCUT2D eigenvalue weighted by molar-refractivity contribution is 0.0635. The van der Waals surface area contributed by atoms with Gasteiger partial charge in [-0.2, -0.15) is 0 Å². The van der Waals surface area contributed by atoms with Crippen LogP contribution in [0.15, 0.2) is 53.1 Å². The van der Waals surface area contributed by atoms with E-state index in [0.29, 0.717) is 47.2 Å². The van der Waals surface area contributed by atoms with E-state index in [-0.39, 0.29) is 5.82 Å². The van der Waals surface area contributed by atoms with Crippen LogP contribution in [0.5, 0.6) is 5.75 Å². The quantitative estimate of drug-likeness (QED) is 0.437. The van der Waals surface area contributed by atoms with Gasteiger partial charge in [-0.15, -0.1) is 0 Å². The van der Waals surface area contributed by atoms with E-state index in [4.69, 9.17) is 13.9 Å². The van der Waals surface area contributed by atoms with Gasteiger partial charge in [-0.3, -0.25) is 5.32 Å². The lowest BCUT2D eigenvalue weighted by Crippen LogP contribution is -2.30. The van der Waals surface area contributed by atoms with E-state index in [1.807, 2.05) is 0 Å². The summed E-state index contributed by atoms with van der Waals surface area (Å²) in [4.78, 5) is 28.7. The number of ether oxygens (including phenoxy) is 2. The van der Waals surface area contributed by atoms with Crippen LogP contribution in [0.2, 0.25) is 0 Å². The van der Waals surface area contributed by atoms with Gasteiger partial charge in [0.15, 0.2) is 0 Å². The van der Waals surface area contributed by atoms with Crippen LogP contribution in [-0.4, -0.2) is 36.4 Å². The van der Waals surface area contributed by atoms with E-state index in [1.165, 1.54) is 25.5 Å². The number of rotatable bonds is 7.